The van der Waals surface area contributed by atoms with E-state index in [4.69, 9.17) is 6.58 Å². The van der Waals surface area contributed by atoms with Crippen molar-refractivity contribution in [1.82, 2.24) is 0 Å². The van der Waals surface area contributed by atoms with Crippen molar-refractivity contribution in [1.29, 1.82) is 0 Å². The summed E-state index contributed by atoms with van der Waals surface area (Å²) >= 11 is 0. The highest BCUT2D eigenvalue weighted by Gasteiger charge is 2.11. The van der Waals surface area contributed by atoms with Gasteiger partial charge in [0, 0.05) is 0 Å². The van der Waals surface area contributed by atoms with E-state index in [1.54, 1.807) is 6.08 Å². The number of allylic oxidation sites excluding steroid dienone is 1. The number of rotatable bonds is 2. The van der Waals surface area contributed by atoms with E-state index < -0.39 is 0 Å². The molecule has 0 atom stereocenters. The molecule has 0 nitrogen and oxygen atoms in total. The van der Waals surface area contributed by atoms with E-state index in [0.29, 0.717) is 0 Å². The third-order valence-electron chi connectivity index (χ3n) is 1.94. The maximum atomic E-state index is 5.28. The van der Waals surface area contributed by atoms with Gasteiger partial charge in [-0.2, -0.15) is 0 Å². The summed E-state index contributed by atoms with van der Waals surface area (Å²) in [7, 11) is 0. The lowest BCUT2D eigenvalue weighted by atomic mass is 10.1. The van der Waals surface area contributed by atoms with Crippen molar-refractivity contribution >= 4 is 0 Å². The Labute approximate surface area is 51.6 Å². The highest BCUT2D eigenvalue weighted by Crippen LogP contribution is 2.27. The lowest BCUT2D eigenvalue weighted by Gasteiger charge is -2.00. The highest BCUT2D eigenvalue weighted by molar-refractivity contribution is 4.74. The average Bonchev–Trinajstić information content (AvgIpc) is 2.19. The van der Waals surface area contributed by atoms with Crippen molar-refractivity contribution in [3.05, 3.63) is 12.7 Å². The van der Waals surface area contributed by atoms with E-state index in [-0.39, 0.29) is 0 Å². The Morgan fingerprint density at radius 2 is 2.00 bits per heavy atom. The minimum atomic E-state index is 0.931. The van der Waals surface area contributed by atoms with Crippen LogP contribution in [-0.2, 0) is 0 Å². The quantitative estimate of drug-likeness (QED) is 0.511. The average molecular weight is 109 g/mol. The van der Waals surface area contributed by atoms with Crippen LogP contribution in [0.4, 0.5) is 0 Å². The van der Waals surface area contributed by atoms with Gasteiger partial charge in [-0.1, -0.05) is 38.3 Å². The fourth-order valence-corrected chi connectivity index (χ4v) is 1.44. The lowest BCUT2D eigenvalue weighted by Crippen LogP contribution is -1.87. The van der Waals surface area contributed by atoms with E-state index in [2.05, 4.69) is 0 Å². The molecule has 0 N–H and O–H groups in total. The Balaban J connectivity index is 2.14. The molecular weight excluding hydrogens is 96.1 g/mol. The van der Waals surface area contributed by atoms with E-state index >= 15 is 0 Å². The van der Waals surface area contributed by atoms with Crippen LogP contribution in [0.5, 0.6) is 0 Å². The van der Waals surface area contributed by atoms with Crippen molar-refractivity contribution in [2.24, 2.45) is 5.92 Å². The molecule has 0 unspecified atom stereocenters. The molecule has 0 aromatic heterocycles. The van der Waals surface area contributed by atoms with Crippen molar-refractivity contribution in [3.63, 3.8) is 0 Å². The third-order valence-corrected chi connectivity index (χ3v) is 1.94. The summed E-state index contributed by atoms with van der Waals surface area (Å²) in [6.45, 7) is 5.28. The Morgan fingerprint density at radius 3 is 2.50 bits per heavy atom. The number of hydrogen-bond donors (Lipinski definition) is 0. The molecule has 0 heterocycles. The molecule has 0 aromatic rings. The van der Waals surface area contributed by atoms with Gasteiger partial charge in [0.1, 0.15) is 0 Å². The van der Waals surface area contributed by atoms with E-state index in [1.165, 1.54) is 25.7 Å². The summed E-state index contributed by atoms with van der Waals surface area (Å²) in [5.41, 5.74) is 0. The summed E-state index contributed by atoms with van der Waals surface area (Å²) in [5, 5.41) is 0. The molecule has 0 amide bonds. The molecule has 1 rings (SSSR count). The predicted octanol–water partition coefficient (Wildman–Crippen LogP) is 2.56. The van der Waals surface area contributed by atoms with Gasteiger partial charge in [0.05, 0.1) is 0 Å². The normalized spacial score (nSPS) is 21.5. The SMILES string of the molecule is [CH]=CCC1CCCC1. The molecule has 8 heavy (non-hydrogen) atoms. The Hall–Kier alpha value is -0.260. The zero-order valence-corrected chi connectivity index (χ0v) is 5.27. The molecule has 0 spiro atoms. The number of hydrogen-bond acceptors (Lipinski definition) is 0. The monoisotopic (exact) mass is 109 g/mol. The first kappa shape index (κ1) is 5.87. The molecule has 45 valence electrons. The van der Waals surface area contributed by atoms with Gasteiger partial charge in [-0.05, 0) is 12.3 Å². The van der Waals surface area contributed by atoms with E-state index in [0.717, 1.165) is 12.3 Å². The van der Waals surface area contributed by atoms with Gasteiger partial charge in [-0.25, -0.2) is 0 Å². The van der Waals surface area contributed by atoms with Crippen LogP contribution in [0.25, 0.3) is 0 Å². The third kappa shape index (κ3) is 1.36. The maximum Gasteiger partial charge on any atom is -0.0319 e. The maximum absolute atomic E-state index is 5.28. The standard InChI is InChI=1S/C8H13/c1-2-5-8-6-3-4-7-8/h1-2,8H,3-7H2. The second-order valence-corrected chi connectivity index (χ2v) is 2.62. The van der Waals surface area contributed by atoms with Crippen LogP contribution in [0.2, 0.25) is 0 Å². The minimum Gasteiger partial charge on any atom is -0.0843 e. The molecule has 1 aliphatic carbocycles. The van der Waals surface area contributed by atoms with Crippen molar-refractivity contribution in [2.45, 2.75) is 32.1 Å². The van der Waals surface area contributed by atoms with Gasteiger partial charge < -0.3 is 0 Å². The van der Waals surface area contributed by atoms with Gasteiger partial charge in [-0.3, -0.25) is 0 Å². The molecule has 1 aliphatic rings. The van der Waals surface area contributed by atoms with Gasteiger partial charge in [-0.15, -0.1) is 0 Å². The van der Waals surface area contributed by atoms with Crippen molar-refractivity contribution in [3.8, 4) is 0 Å². The lowest BCUT2D eigenvalue weighted by molar-refractivity contribution is 0.558. The van der Waals surface area contributed by atoms with Gasteiger partial charge >= 0.3 is 0 Å². The molecule has 1 radical (unpaired) electrons. The Morgan fingerprint density at radius 1 is 1.38 bits per heavy atom. The fraction of sp³-hybridized carbons (Fsp3) is 0.750. The van der Waals surface area contributed by atoms with Crippen molar-refractivity contribution < 1.29 is 0 Å². The van der Waals surface area contributed by atoms with Crippen LogP contribution in [0, 0.1) is 12.5 Å². The van der Waals surface area contributed by atoms with Crippen LogP contribution in [-0.4, -0.2) is 0 Å². The highest BCUT2D eigenvalue weighted by atomic mass is 14.2. The summed E-state index contributed by atoms with van der Waals surface area (Å²) in [4.78, 5) is 0. The summed E-state index contributed by atoms with van der Waals surface area (Å²) in [6, 6.07) is 0. The molecular formula is C8H13. The zero-order chi connectivity index (χ0) is 5.82. The minimum absolute atomic E-state index is 0.931. The second-order valence-electron chi connectivity index (χ2n) is 2.62. The van der Waals surface area contributed by atoms with Crippen LogP contribution in [0.3, 0.4) is 0 Å². The van der Waals surface area contributed by atoms with Crippen molar-refractivity contribution in [2.75, 3.05) is 0 Å². The van der Waals surface area contributed by atoms with Crippen LogP contribution >= 0.6 is 0 Å². The summed E-state index contributed by atoms with van der Waals surface area (Å²) in [6.07, 6.45) is 8.62. The molecule has 1 fully saturated rings. The van der Waals surface area contributed by atoms with Gasteiger partial charge in [0.15, 0.2) is 0 Å². The van der Waals surface area contributed by atoms with Gasteiger partial charge in [0.25, 0.3) is 0 Å². The van der Waals surface area contributed by atoms with E-state index in [9.17, 15) is 0 Å². The molecule has 0 aliphatic heterocycles. The summed E-state index contributed by atoms with van der Waals surface area (Å²) < 4.78 is 0. The van der Waals surface area contributed by atoms with E-state index in [1.807, 2.05) is 0 Å². The molecule has 0 bridgehead atoms. The summed E-state index contributed by atoms with van der Waals surface area (Å²) in [5.74, 6) is 0.931. The first-order valence-electron chi connectivity index (χ1n) is 3.47. The van der Waals surface area contributed by atoms with Crippen LogP contribution in [0.1, 0.15) is 32.1 Å². The molecule has 1 saturated carbocycles. The Kier molecular flexibility index (Phi) is 2.13. The predicted molar refractivity (Wildman–Crippen MR) is 35.4 cm³/mol. The van der Waals surface area contributed by atoms with Crippen LogP contribution in [0.15, 0.2) is 6.08 Å². The smallest absolute Gasteiger partial charge is 0.0319 e. The largest absolute Gasteiger partial charge is 0.0843 e. The fourth-order valence-electron chi connectivity index (χ4n) is 1.44. The van der Waals surface area contributed by atoms with Crippen LogP contribution < -0.4 is 0 Å². The van der Waals surface area contributed by atoms with Gasteiger partial charge in [0.2, 0.25) is 0 Å². The first-order valence-corrected chi connectivity index (χ1v) is 3.47. The molecule has 0 saturated heterocycles. The topological polar surface area (TPSA) is 0 Å². The molecule has 0 aromatic carbocycles. The zero-order valence-electron chi connectivity index (χ0n) is 5.27. The Bertz CT molecular complexity index is 68.1. The molecule has 0 heteroatoms. The second kappa shape index (κ2) is 2.91. The first-order chi connectivity index (χ1) is 3.93.